The van der Waals surface area contributed by atoms with Gasteiger partial charge in [-0.25, -0.2) is 9.97 Å². The smallest absolute Gasteiger partial charge is 0.306 e. The van der Waals surface area contributed by atoms with Crippen molar-refractivity contribution >= 4 is 39.5 Å². The Morgan fingerprint density at radius 1 is 1.02 bits per heavy atom. The fourth-order valence-electron chi connectivity index (χ4n) is 7.49. The Kier molecular flexibility index (Phi) is 8.89. The summed E-state index contributed by atoms with van der Waals surface area (Å²) in [6, 6.07) is 22.5. The highest BCUT2D eigenvalue weighted by Crippen LogP contribution is 2.38. The third kappa shape index (κ3) is 6.48. The lowest BCUT2D eigenvalue weighted by Gasteiger charge is -2.33. The maximum Gasteiger partial charge on any atom is 0.306 e. The first-order chi connectivity index (χ1) is 25.2. The molecular formula is C41H39N7O4. The number of aliphatic carboxylic acids is 1. The lowest BCUT2D eigenvalue weighted by atomic mass is 9.80. The van der Waals surface area contributed by atoms with E-state index in [0.717, 1.165) is 75.0 Å². The number of hydrogen-bond donors (Lipinski definition) is 4. The van der Waals surface area contributed by atoms with Gasteiger partial charge in [-0.05, 0) is 103 Å². The molecule has 1 saturated heterocycles. The van der Waals surface area contributed by atoms with Gasteiger partial charge in [0, 0.05) is 61.3 Å². The minimum Gasteiger partial charge on any atom is -0.481 e. The molecule has 3 aromatic heterocycles. The summed E-state index contributed by atoms with van der Waals surface area (Å²) >= 11 is 0. The fraction of sp³-hybridized carbons (Fsp3) is 0.293. The third-order valence-corrected chi connectivity index (χ3v) is 10.5. The highest BCUT2D eigenvalue weighted by molar-refractivity contribution is 5.91. The molecule has 4 N–H and O–H groups in total. The Hall–Kier alpha value is -5.67. The molecule has 2 aliphatic rings. The Balaban J connectivity index is 1.05. The van der Waals surface area contributed by atoms with E-state index in [1.165, 1.54) is 0 Å². The van der Waals surface area contributed by atoms with E-state index in [1.807, 2.05) is 48.7 Å². The second-order valence-electron chi connectivity index (χ2n) is 14.0. The predicted molar refractivity (Wildman–Crippen MR) is 199 cm³/mol. The Morgan fingerprint density at radius 3 is 2.58 bits per heavy atom. The quantitative estimate of drug-likeness (QED) is 0.119. The average Bonchev–Trinajstić information content (AvgIpc) is 3.73. The first-order valence-corrected chi connectivity index (χ1v) is 17.6. The molecule has 11 nitrogen and oxygen atoms in total. The summed E-state index contributed by atoms with van der Waals surface area (Å²) in [5.74, 6) is 0.0845. The number of carboxylic acid groups (broad SMARTS) is 1. The second-order valence-corrected chi connectivity index (χ2v) is 14.0. The highest BCUT2D eigenvalue weighted by Gasteiger charge is 2.34. The first kappa shape index (κ1) is 33.5. The van der Waals surface area contributed by atoms with Crippen molar-refractivity contribution in [2.75, 3.05) is 18.4 Å². The fourth-order valence-corrected chi connectivity index (χ4v) is 7.49. The van der Waals surface area contributed by atoms with Crippen molar-refractivity contribution in [2.24, 2.45) is 5.92 Å². The zero-order valence-corrected chi connectivity index (χ0v) is 29.1. The third-order valence-electron chi connectivity index (χ3n) is 10.5. The van der Waals surface area contributed by atoms with Crippen molar-refractivity contribution in [3.8, 4) is 28.7 Å². The van der Waals surface area contributed by atoms with E-state index in [1.54, 1.807) is 6.20 Å². The van der Waals surface area contributed by atoms with Gasteiger partial charge in [0.25, 0.3) is 0 Å². The van der Waals surface area contributed by atoms with Crippen molar-refractivity contribution in [1.82, 2.24) is 25.2 Å². The molecule has 262 valence electrons. The summed E-state index contributed by atoms with van der Waals surface area (Å²) in [5, 5.41) is 37.0. The number of aliphatic hydroxyl groups is 1. The molecule has 6 aromatic rings. The number of benzene rings is 3. The van der Waals surface area contributed by atoms with Crippen LogP contribution in [0.2, 0.25) is 0 Å². The summed E-state index contributed by atoms with van der Waals surface area (Å²) in [6.45, 7) is 6.98. The molecule has 1 aliphatic heterocycles. The van der Waals surface area contributed by atoms with Crippen molar-refractivity contribution < 1.29 is 19.4 Å². The molecule has 11 heteroatoms. The number of nitrogens with zero attached hydrogens (tertiary/aromatic N) is 5. The van der Waals surface area contributed by atoms with E-state index in [0.29, 0.717) is 54.3 Å². The molecule has 2 fully saturated rings. The SMILES string of the molecule is Cc1c(Nc2nccc3cc(CN4CCC(O)C4)cnc23)cccc1-c1cccc(-c2nc3cc(CNC4CC(C(=O)O)C4)cc(C#N)c3o2)c1C. The minimum absolute atomic E-state index is 0.146. The number of rotatable bonds is 10. The number of nitrogens with one attached hydrogen (secondary N) is 2. The van der Waals surface area contributed by atoms with Crippen LogP contribution in [0, 0.1) is 31.1 Å². The standard InChI is InChI=1S/C41H39N7O4/c1-23-32(5-3-7-34(23)40-47-36-15-25(13-29(18-42)38(36)52-40)19-44-30-16-28(17-30)41(50)51)33-6-4-8-35(24(33)2)46-39-37-27(9-11-43-39)14-26(20-45-37)21-48-12-10-31(49)22-48/h3-9,11,13-15,20,28,30-31,44,49H,10,12,16-17,19,21-22H2,1-2H3,(H,43,46)(H,50,51). The molecular weight excluding hydrogens is 654 g/mol. The average molecular weight is 694 g/mol. The number of nitriles is 1. The number of aromatic nitrogens is 3. The molecule has 8 rings (SSSR count). The molecule has 52 heavy (non-hydrogen) atoms. The molecule has 0 bridgehead atoms. The van der Waals surface area contributed by atoms with E-state index in [9.17, 15) is 20.3 Å². The molecule has 1 aliphatic carbocycles. The Bertz CT molecular complexity index is 2380. The summed E-state index contributed by atoms with van der Waals surface area (Å²) < 4.78 is 6.26. The van der Waals surface area contributed by atoms with Crippen LogP contribution in [0.5, 0.6) is 0 Å². The molecule has 1 atom stereocenters. The minimum atomic E-state index is -0.748. The number of oxazole rings is 1. The number of likely N-dealkylation sites (tertiary alicyclic amines) is 1. The molecule has 1 unspecified atom stereocenters. The summed E-state index contributed by atoms with van der Waals surface area (Å²) in [6.07, 6.45) is 5.46. The van der Waals surface area contributed by atoms with E-state index in [-0.39, 0.29) is 18.1 Å². The number of β-amino-alcohol motifs (C(OH)–C–C–N with tert-alkyl or cyclic N) is 1. The summed E-state index contributed by atoms with van der Waals surface area (Å²) in [5.41, 5.74) is 10.1. The van der Waals surface area contributed by atoms with Crippen LogP contribution in [0.1, 0.15) is 47.1 Å². The number of hydrogen-bond acceptors (Lipinski definition) is 10. The summed E-state index contributed by atoms with van der Waals surface area (Å²) in [7, 11) is 0. The first-order valence-electron chi connectivity index (χ1n) is 17.6. The van der Waals surface area contributed by atoms with Crippen molar-refractivity contribution in [3.63, 3.8) is 0 Å². The monoisotopic (exact) mass is 693 g/mol. The largest absolute Gasteiger partial charge is 0.481 e. The summed E-state index contributed by atoms with van der Waals surface area (Å²) in [4.78, 5) is 27.7. The van der Waals surface area contributed by atoms with Crippen LogP contribution in [-0.4, -0.2) is 61.3 Å². The van der Waals surface area contributed by atoms with Gasteiger partial charge < -0.3 is 25.3 Å². The number of carbonyl (C=O) groups is 1. The van der Waals surface area contributed by atoms with Crippen molar-refractivity contribution in [1.29, 1.82) is 5.26 Å². The number of fused-ring (bicyclic) bond motifs is 2. The van der Waals surface area contributed by atoms with Crippen LogP contribution in [0.4, 0.5) is 11.5 Å². The van der Waals surface area contributed by atoms with Gasteiger partial charge in [0.15, 0.2) is 11.4 Å². The van der Waals surface area contributed by atoms with E-state index in [4.69, 9.17) is 14.4 Å². The van der Waals surface area contributed by atoms with Gasteiger partial charge in [-0.1, -0.05) is 24.3 Å². The van der Waals surface area contributed by atoms with E-state index >= 15 is 0 Å². The van der Waals surface area contributed by atoms with Gasteiger partial charge in [0.1, 0.15) is 17.1 Å². The van der Waals surface area contributed by atoms with Crippen LogP contribution in [0.3, 0.4) is 0 Å². The zero-order valence-electron chi connectivity index (χ0n) is 29.1. The number of anilines is 2. The van der Waals surface area contributed by atoms with Gasteiger partial charge in [-0.2, -0.15) is 5.26 Å². The van der Waals surface area contributed by atoms with E-state index in [2.05, 4.69) is 58.6 Å². The molecule has 0 amide bonds. The molecule has 0 spiro atoms. The molecule has 1 saturated carbocycles. The van der Waals surface area contributed by atoms with Crippen LogP contribution in [-0.2, 0) is 17.9 Å². The second kappa shape index (κ2) is 13.8. The maximum atomic E-state index is 11.2. The lowest BCUT2D eigenvalue weighted by Crippen LogP contribution is -2.43. The molecule has 0 radical (unpaired) electrons. The lowest BCUT2D eigenvalue weighted by molar-refractivity contribution is -0.145. The Morgan fingerprint density at radius 2 is 1.81 bits per heavy atom. The zero-order chi connectivity index (χ0) is 35.9. The molecule has 3 aromatic carbocycles. The number of pyridine rings is 2. The normalized spacial score (nSPS) is 18.8. The van der Waals surface area contributed by atoms with Gasteiger partial charge in [0.2, 0.25) is 5.89 Å². The highest BCUT2D eigenvalue weighted by atomic mass is 16.4. The Labute approximate surface area is 301 Å². The van der Waals surface area contributed by atoms with Crippen LogP contribution < -0.4 is 10.6 Å². The van der Waals surface area contributed by atoms with Gasteiger partial charge in [0.05, 0.1) is 17.6 Å². The topological polar surface area (TPSA) is 160 Å². The van der Waals surface area contributed by atoms with Gasteiger partial charge in [-0.3, -0.25) is 14.7 Å². The molecule has 4 heterocycles. The maximum absolute atomic E-state index is 11.2. The predicted octanol–water partition coefficient (Wildman–Crippen LogP) is 6.86. The van der Waals surface area contributed by atoms with Crippen molar-refractivity contribution in [3.05, 3.63) is 101 Å². The number of carboxylic acids is 1. The van der Waals surface area contributed by atoms with Crippen molar-refractivity contribution in [2.45, 2.75) is 58.3 Å². The number of aliphatic hydroxyl groups excluding tert-OH is 1. The van der Waals surface area contributed by atoms with Gasteiger partial charge >= 0.3 is 5.97 Å². The van der Waals surface area contributed by atoms with E-state index < -0.39 is 5.97 Å². The van der Waals surface area contributed by atoms with Crippen LogP contribution in [0.25, 0.3) is 44.6 Å². The van der Waals surface area contributed by atoms with Crippen LogP contribution in [0.15, 0.2) is 77.5 Å². The van der Waals surface area contributed by atoms with Gasteiger partial charge in [-0.15, -0.1) is 0 Å². The van der Waals surface area contributed by atoms with Crippen LogP contribution >= 0.6 is 0 Å².